The van der Waals surface area contributed by atoms with Crippen molar-refractivity contribution in [2.75, 3.05) is 33.4 Å². The van der Waals surface area contributed by atoms with E-state index in [0.29, 0.717) is 32.3 Å². The zero-order chi connectivity index (χ0) is 11.0. The molecule has 1 N–H and O–H groups in total. The number of carbonyl (C=O) groups excluding carboxylic acids is 1. The van der Waals surface area contributed by atoms with Crippen molar-refractivity contribution >= 4 is 5.91 Å². The zero-order valence-corrected chi connectivity index (χ0v) is 9.67. The monoisotopic (exact) mass is 202 g/mol. The predicted molar refractivity (Wildman–Crippen MR) is 57.3 cm³/mol. The van der Waals surface area contributed by atoms with Gasteiger partial charge in [-0.2, -0.15) is 0 Å². The van der Waals surface area contributed by atoms with Crippen LogP contribution in [0.15, 0.2) is 0 Å². The van der Waals surface area contributed by atoms with Gasteiger partial charge in [0.25, 0.3) is 0 Å². The molecule has 0 aromatic carbocycles. The second-order valence-corrected chi connectivity index (χ2v) is 3.55. The van der Waals surface area contributed by atoms with Gasteiger partial charge in [0.1, 0.15) is 0 Å². The number of amides is 1. The SMILES string of the molecule is CCOCCN(C)C(=O)CNC(C)C. The van der Waals surface area contributed by atoms with E-state index < -0.39 is 0 Å². The first kappa shape index (κ1) is 13.4. The van der Waals surface area contributed by atoms with Crippen LogP contribution in [0.5, 0.6) is 0 Å². The molecule has 0 radical (unpaired) electrons. The summed E-state index contributed by atoms with van der Waals surface area (Å²) in [7, 11) is 1.80. The van der Waals surface area contributed by atoms with E-state index in [1.807, 2.05) is 20.8 Å². The summed E-state index contributed by atoms with van der Waals surface area (Å²) in [5.41, 5.74) is 0. The number of nitrogens with zero attached hydrogens (tertiary/aromatic N) is 1. The third-order valence-corrected chi connectivity index (χ3v) is 1.86. The van der Waals surface area contributed by atoms with Crippen LogP contribution in [0.2, 0.25) is 0 Å². The first-order valence-corrected chi connectivity index (χ1v) is 5.13. The summed E-state index contributed by atoms with van der Waals surface area (Å²) < 4.78 is 5.17. The number of nitrogens with one attached hydrogen (secondary N) is 1. The van der Waals surface area contributed by atoms with Gasteiger partial charge in [-0.05, 0) is 6.92 Å². The lowest BCUT2D eigenvalue weighted by Crippen LogP contribution is -2.39. The first-order chi connectivity index (χ1) is 6.57. The summed E-state index contributed by atoms with van der Waals surface area (Å²) in [6.45, 7) is 8.36. The quantitative estimate of drug-likeness (QED) is 0.611. The number of hydrogen-bond acceptors (Lipinski definition) is 3. The van der Waals surface area contributed by atoms with Crippen molar-refractivity contribution in [3.8, 4) is 0 Å². The van der Waals surface area contributed by atoms with Gasteiger partial charge in [-0.1, -0.05) is 13.8 Å². The van der Waals surface area contributed by atoms with Crippen molar-refractivity contribution in [2.45, 2.75) is 26.8 Å². The van der Waals surface area contributed by atoms with Crippen molar-refractivity contribution in [1.82, 2.24) is 10.2 Å². The molecule has 0 aromatic heterocycles. The lowest BCUT2D eigenvalue weighted by Gasteiger charge is -2.18. The van der Waals surface area contributed by atoms with Crippen molar-refractivity contribution in [2.24, 2.45) is 0 Å². The number of ether oxygens (including phenoxy) is 1. The van der Waals surface area contributed by atoms with Gasteiger partial charge in [0.05, 0.1) is 13.2 Å². The molecule has 0 saturated carbocycles. The van der Waals surface area contributed by atoms with Crippen LogP contribution in [-0.4, -0.2) is 50.2 Å². The van der Waals surface area contributed by atoms with E-state index in [-0.39, 0.29) is 5.91 Å². The average Bonchev–Trinajstić information content (AvgIpc) is 2.14. The Labute approximate surface area is 86.6 Å². The highest BCUT2D eigenvalue weighted by Gasteiger charge is 2.07. The molecule has 0 heterocycles. The third-order valence-electron chi connectivity index (χ3n) is 1.86. The molecule has 4 nitrogen and oxygen atoms in total. The van der Waals surface area contributed by atoms with Crippen molar-refractivity contribution in [3.63, 3.8) is 0 Å². The van der Waals surface area contributed by atoms with Crippen LogP contribution in [0.3, 0.4) is 0 Å². The lowest BCUT2D eigenvalue weighted by atomic mass is 10.4. The normalized spacial score (nSPS) is 10.6. The molecule has 0 aliphatic rings. The molecule has 0 aliphatic heterocycles. The van der Waals surface area contributed by atoms with Crippen LogP contribution in [0, 0.1) is 0 Å². The van der Waals surface area contributed by atoms with E-state index in [2.05, 4.69) is 5.32 Å². The standard InChI is InChI=1S/C10H22N2O2/c1-5-14-7-6-12(4)10(13)8-11-9(2)3/h9,11H,5-8H2,1-4H3. The van der Waals surface area contributed by atoms with Crippen LogP contribution in [0.25, 0.3) is 0 Å². The summed E-state index contributed by atoms with van der Waals surface area (Å²) in [5, 5.41) is 3.08. The molecule has 14 heavy (non-hydrogen) atoms. The molecule has 0 unspecified atom stereocenters. The van der Waals surface area contributed by atoms with E-state index in [1.54, 1.807) is 11.9 Å². The largest absolute Gasteiger partial charge is 0.380 e. The lowest BCUT2D eigenvalue weighted by molar-refractivity contribution is -0.129. The molecule has 1 amide bonds. The highest BCUT2D eigenvalue weighted by molar-refractivity contribution is 5.77. The highest BCUT2D eigenvalue weighted by Crippen LogP contribution is 1.86. The summed E-state index contributed by atoms with van der Waals surface area (Å²) in [6.07, 6.45) is 0. The van der Waals surface area contributed by atoms with Crippen molar-refractivity contribution in [3.05, 3.63) is 0 Å². The second-order valence-electron chi connectivity index (χ2n) is 3.55. The van der Waals surface area contributed by atoms with Gasteiger partial charge >= 0.3 is 0 Å². The van der Waals surface area contributed by atoms with E-state index in [9.17, 15) is 4.79 Å². The van der Waals surface area contributed by atoms with Gasteiger partial charge in [0, 0.05) is 26.2 Å². The summed E-state index contributed by atoms with van der Waals surface area (Å²) in [5.74, 6) is 0.110. The van der Waals surface area contributed by atoms with Gasteiger partial charge < -0.3 is 15.0 Å². The van der Waals surface area contributed by atoms with Crippen LogP contribution >= 0.6 is 0 Å². The Morgan fingerprint density at radius 2 is 2.14 bits per heavy atom. The minimum atomic E-state index is 0.110. The maximum atomic E-state index is 11.4. The Hall–Kier alpha value is -0.610. The van der Waals surface area contributed by atoms with Crippen LogP contribution in [0.1, 0.15) is 20.8 Å². The summed E-state index contributed by atoms with van der Waals surface area (Å²) in [6, 6.07) is 0.347. The maximum Gasteiger partial charge on any atom is 0.236 e. The number of carbonyl (C=O) groups is 1. The van der Waals surface area contributed by atoms with Crippen molar-refractivity contribution < 1.29 is 9.53 Å². The second kappa shape index (κ2) is 7.76. The highest BCUT2D eigenvalue weighted by atomic mass is 16.5. The smallest absolute Gasteiger partial charge is 0.236 e. The third kappa shape index (κ3) is 6.86. The molecule has 0 spiro atoms. The number of likely N-dealkylation sites (N-methyl/N-ethyl adjacent to an activating group) is 1. The van der Waals surface area contributed by atoms with Gasteiger partial charge in [-0.25, -0.2) is 0 Å². The molecule has 0 atom stereocenters. The molecular weight excluding hydrogens is 180 g/mol. The van der Waals surface area contributed by atoms with E-state index in [0.717, 1.165) is 0 Å². The van der Waals surface area contributed by atoms with Gasteiger partial charge in [-0.15, -0.1) is 0 Å². The van der Waals surface area contributed by atoms with Crippen LogP contribution in [0.4, 0.5) is 0 Å². The molecule has 0 saturated heterocycles. The Bertz CT molecular complexity index is 160. The minimum Gasteiger partial charge on any atom is -0.380 e. The fraction of sp³-hybridized carbons (Fsp3) is 0.900. The minimum absolute atomic E-state index is 0.110. The van der Waals surface area contributed by atoms with E-state index in [1.165, 1.54) is 0 Å². The topological polar surface area (TPSA) is 41.6 Å². The Morgan fingerprint density at radius 1 is 1.50 bits per heavy atom. The zero-order valence-electron chi connectivity index (χ0n) is 9.67. The fourth-order valence-corrected chi connectivity index (χ4v) is 0.897. The Morgan fingerprint density at radius 3 is 2.64 bits per heavy atom. The molecule has 0 bridgehead atoms. The molecule has 84 valence electrons. The molecule has 4 heteroatoms. The van der Waals surface area contributed by atoms with E-state index in [4.69, 9.17) is 4.74 Å². The number of rotatable bonds is 7. The summed E-state index contributed by atoms with van der Waals surface area (Å²) in [4.78, 5) is 13.1. The maximum absolute atomic E-state index is 11.4. The Balaban J connectivity index is 3.54. The van der Waals surface area contributed by atoms with Gasteiger partial charge in [0.15, 0.2) is 0 Å². The summed E-state index contributed by atoms with van der Waals surface area (Å²) >= 11 is 0. The predicted octanol–water partition coefficient (Wildman–Crippen LogP) is 0.479. The molecule has 0 fully saturated rings. The average molecular weight is 202 g/mol. The first-order valence-electron chi connectivity index (χ1n) is 5.13. The van der Waals surface area contributed by atoms with Crippen LogP contribution in [-0.2, 0) is 9.53 Å². The fourth-order valence-electron chi connectivity index (χ4n) is 0.897. The van der Waals surface area contributed by atoms with Crippen LogP contribution < -0.4 is 5.32 Å². The molecule has 0 rings (SSSR count). The van der Waals surface area contributed by atoms with Gasteiger partial charge in [0.2, 0.25) is 5.91 Å². The molecule has 0 aromatic rings. The van der Waals surface area contributed by atoms with E-state index >= 15 is 0 Å². The van der Waals surface area contributed by atoms with Gasteiger partial charge in [-0.3, -0.25) is 4.79 Å². The Kier molecular flexibility index (Phi) is 7.42. The molecular formula is C10H22N2O2. The molecule has 0 aliphatic carbocycles. The number of hydrogen-bond donors (Lipinski definition) is 1. The van der Waals surface area contributed by atoms with Crippen molar-refractivity contribution in [1.29, 1.82) is 0 Å².